The maximum Gasteiger partial charge on any atom is 0.128 e. The number of nitrogens with one attached hydrogen (secondary N) is 1. The predicted molar refractivity (Wildman–Crippen MR) is 86.8 cm³/mol. The third-order valence-electron chi connectivity index (χ3n) is 3.51. The van der Waals surface area contributed by atoms with E-state index in [1.165, 1.54) is 6.07 Å². The number of hydrogen-bond acceptors (Lipinski definition) is 3. The summed E-state index contributed by atoms with van der Waals surface area (Å²) in [4.78, 5) is 3.96. The quantitative estimate of drug-likeness (QED) is 0.824. The topological polar surface area (TPSA) is 45.1 Å². The number of nitrogens with zero attached hydrogens (tertiary/aromatic N) is 1. The van der Waals surface area contributed by atoms with Gasteiger partial charge in [0.2, 0.25) is 0 Å². The minimum Gasteiger partial charge on any atom is -0.392 e. The number of pyridine rings is 1. The van der Waals surface area contributed by atoms with Crippen LogP contribution in [0.25, 0.3) is 11.1 Å². The summed E-state index contributed by atoms with van der Waals surface area (Å²) in [5.74, 6) is 0.216. The van der Waals surface area contributed by atoms with E-state index in [4.69, 9.17) is 0 Å². The summed E-state index contributed by atoms with van der Waals surface area (Å²) in [6.45, 7) is 5.03. The highest BCUT2D eigenvalue weighted by Gasteiger charge is 2.08. The third-order valence-corrected chi connectivity index (χ3v) is 3.51. The third kappa shape index (κ3) is 4.90. The van der Waals surface area contributed by atoms with Crippen molar-refractivity contribution in [2.45, 2.75) is 32.9 Å². The van der Waals surface area contributed by atoms with E-state index in [9.17, 15) is 9.50 Å². The van der Waals surface area contributed by atoms with Gasteiger partial charge in [0.15, 0.2) is 0 Å². The lowest BCUT2D eigenvalue weighted by molar-refractivity contribution is 0.146. The van der Waals surface area contributed by atoms with Crippen molar-refractivity contribution in [3.63, 3.8) is 0 Å². The lowest BCUT2D eigenvalue weighted by atomic mass is 10.0. The number of aromatic nitrogens is 1. The van der Waals surface area contributed by atoms with E-state index in [1.807, 2.05) is 18.2 Å². The largest absolute Gasteiger partial charge is 0.392 e. The first-order chi connectivity index (χ1) is 10.6. The first-order valence-corrected chi connectivity index (χ1v) is 7.64. The van der Waals surface area contributed by atoms with Gasteiger partial charge in [-0.15, -0.1) is 0 Å². The number of hydrogen-bond donors (Lipinski definition) is 2. The molecule has 1 aromatic heterocycles. The van der Waals surface area contributed by atoms with Crippen molar-refractivity contribution < 1.29 is 9.50 Å². The average Bonchev–Trinajstić information content (AvgIpc) is 2.49. The van der Waals surface area contributed by atoms with Gasteiger partial charge in [-0.25, -0.2) is 4.39 Å². The Kier molecular flexibility index (Phi) is 6.04. The zero-order valence-electron chi connectivity index (χ0n) is 13.1. The number of aliphatic hydroxyl groups is 1. The second-order valence-corrected chi connectivity index (χ2v) is 5.96. The Morgan fingerprint density at radius 3 is 2.50 bits per heavy atom. The molecule has 1 heterocycles. The van der Waals surface area contributed by atoms with Crippen LogP contribution in [0.3, 0.4) is 0 Å². The Morgan fingerprint density at radius 1 is 1.14 bits per heavy atom. The molecule has 0 bridgehead atoms. The van der Waals surface area contributed by atoms with Gasteiger partial charge in [0, 0.05) is 31.0 Å². The van der Waals surface area contributed by atoms with Gasteiger partial charge >= 0.3 is 0 Å². The molecule has 0 saturated carbocycles. The minimum atomic E-state index is -0.390. The number of rotatable bonds is 7. The molecule has 0 radical (unpaired) electrons. The van der Waals surface area contributed by atoms with E-state index >= 15 is 0 Å². The standard InChI is InChI=1S/C18H23FN2O/c1-13(2)9-17(22)12-21-11-16-4-3-15(10-18(16)19)14-5-7-20-8-6-14/h3-8,10,13,17,21-22H,9,11-12H2,1-2H3. The zero-order chi connectivity index (χ0) is 15.9. The first-order valence-electron chi connectivity index (χ1n) is 7.64. The van der Waals surface area contributed by atoms with Gasteiger partial charge in [-0.05, 0) is 41.7 Å². The van der Waals surface area contributed by atoms with Crippen molar-refractivity contribution in [1.82, 2.24) is 10.3 Å². The van der Waals surface area contributed by atoms with Crippen LogP contribution < -0.4 is 5.32 Å². The molecule has 118 valence electrons. The molecule has 2 rings (SSSR count). The number of benzene rings is 1. The molecule has 22 heavy (non-hydrogen) atoms. The SMILES string of the molecule is CC(C)CC(O)CNCc1ccc(-c2ccncc2)cc1F. The molecule has 0 aliphatic rings. The van der Waals surface area contributed by atoms with Crippen molar-refractivity contribution in [1.29, 1.82) is 0 Å². The second-order valence-electron chi connectivity index (χ2n) is 5.96. The highest BCUT2D eigenvalue weighted by molar-refractivity contribution is 5.63. The van der Waals surface area contributed by atoms with E-state index < -0.39 is 0 Å². The summed E-state index contributed by atoms with van der Waals surface area (Å²) in [7, 11) is 0. The molecule has 0 amide bonds. The van der Waals surface area contributed by atoms with Crippen molar-refractivity contribution >= 4 is 0 Å². The van der Waals surface area contributed by atoms with Crippen LogP contribution in [-0.2, 0) is 6.54 Å². The minimum absolute atomic E-state index is 0.236. The molecule has 1 atom stereocenters. The van der Waals surface area contributed by atoms with Crippen LogP contribution in [0.15, 0.2) is 42.7 Å². The maximum atomic E-state index is 14.2. The molecule has 0 spiro atoms. The van der Waals surface area contributed by atoms with E-state index in [1.54, 1.807) is 18.5 Å². The van der Waals surface area contributed by atoms with E-state index in [0.29, 0.717) is 24.6 Å². The summed E-state index contributed by atoms with van der Waals surface area (Å²) in [6.07, 6.45) is 3.74. The summed E-state index contributed by atoms with van der Waals surface area (Å²) in [5.41, 5.74) is 2.39. The van der Waals surface area contributed by atoms with Gasteiger partial charge in [0.25, 0.3) is 0 Å². The highest BCUT2D eigenvalue weighted by Crippen LogP contribution is 2.21. The fourth-order valence-electron chi connectivity index (χ4n) is 2.42. The van der Waals surface area contributed by atoms with Crippen molar-refractivity contribution in [2.75, 3.05) is 6.54 Å². The highest BCUT2D eigenvalue weighted by atomic mass is 19.1. The number of aliphatic hydroxyl groups excluding tert-OH is 1. The Bertz CT molecular complexity index is 587. The fraction of sp³-hybridized carbons (Fsp3) is 0.389. The monoisotopic (exact) mass is 302 g/mol. The normalized spacial score (nSPS) is 12.6. The predicted octanol–water partition coefficient (Wildman–Crippen LogP) is 3.38. The summed E-state index contributed by atoms with van der Waals surface area (Å²) in [5, 5.41) is 12.9. The molecular formula is C18H23FN2O. The molecule has 1 unspecified atom stereocenters. The second kappa shape index (κ2) is 8.01. The Morgan fingerprint density at radius 2 is 1.86 bits per heavy atom. The van der Waals surface area contributed by atoms with Crippen LogP contribution in [0.2, 0.25) is 0 Å². The van der Waals surface area contributed by atoms with Gasteiger partial charge < -0.3 is 10.4 Å². The summed E-state index contributed by atoms with van der Waals surface area (Å²) in [6, 6.07) is 8.94. The average molecular weight is 302 g/mol. The molecule has 0 aliphatic heterocycles. The van der Waals surface area contributed by atoms with Crippen LogP contribution >= 0.6 is 0 Å². The van der Waals surface area contributed by atoms with Gasteiger partial charge in [0.05, 0.1) is 6.10 Å². The first kappa shape index (κ1) is 16.6. The Hall–Kier alpha value is -1.78. The number of halogens is 1. The van der Waals surface area contributed by atoms with Gasteiger partial charge in [0.1, 0.15) is 5.82 Å². The Balaban J connectivity index is 1.93. The van der Waals surface area contributed by atoms with E-state index in [-0.39, 0.29) is 11.9 Å². The molecule has 2 N–H and O–H groups in total. The molecule has 0 fully saturated rings. The molecule has 2 aromatic rings. The maximum absolute atomic E-state index is 14.2. The lowest BCUT2D eigenvalue weighted by Crippen LogP contribution is -2.27. The van der Waals surface area contributed by atoms with Crippen LogP contribution in [0.5, 0.6) is 0 Å². The van der Waals surface area contributed by atoms with Crippen molar-refractivity contribution in [3.05, 3.63) is 54.1 Å². The molecule has 0 aliphatic carbocycles. The zero-order valence-corrected chi connectivity index (χ0v) is 13.1. The van der Waals surface area contributed by atoms with Gasteiger partial charge in [-0.1, -0.05) is 26.0 Å². The summed E-state index contributed by atoms with van der Waals surface area (Å²) < 4.78 is 14.2. The van der Waals surface area contributed by atoms with Crippen LogP contribution in [0.4, 0.5) is 4.39 Å². The van der Waals surface area contributed by atoms with E-state index in [2.05, 4.69) is 24.1 Å². The molecular weight excluding hydrogens is 279 g/mol. The van der Waals surface area contributed by atoms with Crippen LogP contribution in [-0.4, -0.2) is 22.7 Å². The van der Waals surface area contributed by atoms with Crippen LogP contribution in [0.1, 0.15) is 25.8 Å². The molecule has 1 aromatic carbocycles. The van der Waals surface area contributed by atoms with Gasteiger partial charge in [-0.3, -0.25) is 4.98 Å². The van der Waals surface area contributed by atoms with Crippen LogP contribution in [0, 0.1) is 11.7 Å². The molecule has 0 saturated heterocycles. The smallest absolute Gasteiger partial charge is 0.128 e. The lowest BCUT2D eigenvalue weighted by Gasteiger charge is -2.14. The Labute approximate surface area is 131 Å². The van der Waals surface area contributed by atoms with Gasteiger partial charge in [-0.2, -0.15) is 0 Å². The van der Waals surface area contributed by atoms with Crippen molar-refractivity contribution in [2.24, 2.45) is 5.92 Å². The molecule has 3 nitrogen and oxygen atoms in total. The fourth-order valence-corrected chi connectivity index (χ4v) is 2.42. The van der Waals surface area contributed by atoms with Crippen molar-refractivity contribution in [3.8, 4) is 11.1 Å². The molecule has 4 heteroatoms. The van der Waals surface area contributed by atoms with E-state index in [0.717, 1.165) is 17.5 Å². The summed E-state index contributed by atoms with van der Waals surface area (Å²) >= 11 is 0.